The largest absolute Gasteiger partial charge is 0.481 e. The summed E-state index contributed by atoms with van der Waals surface area (Å²) in [6, 6.07) is 5.58. The number of hydrogen-bond acceptors (Lipinski definition) is 2. The van der Waals surface area contributed by atoms with Crippen molar-refractivity contribution in [3.63, 3.8) is 0 Å². The van der Waals surface area contributed by atoms with Crippen LogP contribution in [0, 0.1) is 0 Å². The lowest BCUT2D eigenvalue weighted by atomic mass is 9.85. The van der Waals surface area contributed by atoms with Crippen LogP contribution >= 0.6 is 0 Å². The fourth-order valence-electron chi connectivity index (χ4n) is 1.82. The predicted molar refractivity (Wildman–Crippen MR) is 70.8 cm³/mol. The highest BCUT2D eigenvalue weighted by molar-refractivity contribution is 5.83. The predicted octanol–water partition coefficient (Wildman–Crippen LogP) is 3.05. The van der Waals surface area contributed by atoms with Crippen molar-refractivity contribution in [1.29, 1.82) is 0 Å². The van der Waals surface area contributed by atoms with Gasteiger partial charge in [-0.25, -0.2) is 4.98 Å². The molecule has 0 amide bonds. The average molecular weight is 246 g/mol. The second-order valence-corrected chi connectivity index (χ2v) is 5.44. The molecule has 0 saturated carbocycles. The number of rotatable bonds is 3. The van der Waals surface area contributed by atoms with Gasteiger partial charge in [-0.3, -0.25) is 4.79 Å². The molecule has 0 radical (unpaired) electrons. The minimum absolute atomic E-state index is 0.327. The van der Waals surface area contributed by atoms with Gasteiger partial charge in [0.2, 0.25) is 0 Å². The molecule has 2 aromatic rings. The summed E-state index contributed by atoms with van der Waals surface area (Å²) < 4.78 is 0. The van der Waals surface area contributed by atoms with Crippen LogP contribution in [0.2, 0.25) is 0 Å². The highest BCUT2D eigenvalue weighted by Crippen LogP contribution is 2.27. The van der Waals surface area contributed by atoms with E-state index in [1.54, 1.807) is 13.8 Å². The lowest BCUT2D eigenvalue weighted by Gasteiger charge is -2.19. The molecule has 1 aromatic heterocycles. The van der Waals surface area contributed by atoms with E-state index < -0.39 is 11.4 Å². The molecular formula is C14H18N2O2. The van der Waals surface area contributed by atoms with Crippen LogP contribution in [-0.2, 0) is 10.2 Å². The molecule has 4 heteroatoms. The first-order valence-electron chi connectivity index (χ1n) is 6.06. The zero-order valence-corrected chi connectivity index (χ0v) is 11.1. The fourth-order valence-corrected chi connectivity index (χ4v) is 1.82. The van der Waals surface area contributed by atoms with E-state index in [9.17, 15) is 9.90 Å². The number of carboxylic acid groups (broad SMARTS) is 1. The Morgan fingerprint density at radius 2 is 2.06 bits per heavy atom. The van der Waals surface area contributed by atoms with Gasteiger partial charge in [-0.15, -0.1) is 0 Å². The third-order valence-electron chi connectivity index (χ3n) is 3.30. The Bertz CT molecular complexity index is 597. The molecule has 18 heavy (non-hydrogen) atoms. The van der Waals surface area contributed by atoms with E-state index in [0.717, 1.165) is 22.4 Å². The number of aromatic nitrogens is 2. The zero-order chi connectivity index (χ0) is 13.5. The SMILES string of the molecule is CC(C)c1nc2ccc(C(C)(C)C(=O)O)cc2[nH]1. The minimum Gasteiger partial charge on any atom is -0.481 e. The molecule has 0 unspecified atom stereocenters. The van der Waals surface area contributed by atoms with Crippen LogP contribution in [0.3, 0.4) is 0 Å². The summed E-state index contributed by atoms with van der Waals surface area (Å²) in [5.74, 6) is 0.425. The number of benzene rings is 1. The van der Waals surface area contributed by atoms with Gasteiger partial charge in [0.1, 0.15) is 5.82 Å². The van der Waals surface area contributed by atoms with Gasteiger partial charge in [-0.1, -0.05) is 19.9 Å². The Morgan fingerprint density at radius 1 is 1.39 bits per heavy atom. The number of H-pyrrole nitrogens is 1. The first kappa shape index (κ1) is 12.6. The second kappa shape index (κ2) is 4.12. The van der Waals surface area contributed by atoms with Crippen LogP contribution in [0.5, 0.6) is 0 Å². The van der Waals surface area contributed by atoms with Gasteiger partial charge in [0.25, 0.3) is 0 Å². The Morgan fingerprint density at radius 3 is 2.61 bits per heavy atom. The summed E-state index contributed by atoms with van der Waals surface area (Å²) in [5.41, 5.74) is 1.66. The monoisotopic (exact) mass is 246 g/mol. The molecule has 1 heterocycles. The highest BCUT2D eigenvalue weighted by Gasteiger charge is 2.29. The van der Waals surface area contributed by atoms with Crippen molar-refractivity contribution >= 4 is 17.0 Å². The summed E-state index contributed by atoms with van der Waals surface area (Å²) >= 11 is 0. The Hall–Kier alpha value is -1.84. The van der Waals surface area contributed by atoms with E-state index in [-0.39, 0.29) is 0 Å². The molecule has 96 valence electrons. The second-order valence-electron chi connectivity index (χ2n) is 5.44. The first-order chi connectivity index (χ1) is 8.32. The quantitative estimate of drug-likeness (QED) is 0.874. The summed E-state index contributed by atoms with van der Waals surface area (Å²) in [6.07, 6.45) is 0. The molecule has 0 fully saturated rings. The van der Waals surface area contributed by atoms with Crippen molar-refractivity contribution in [3.05, 3.63) is 29.6 Å². The average Bonchev–Trinajstić information content (AvgIpc) is 2.71. The maximum atomic E-state index is 11.2. The van der Waals surface area contributed by atoms with Gasteiger partial charge in [-0.2, -0.15) is 0 Å². The number of hydrogen-bond donors (Lipinski definition) is 2. The molecule has 0 saturated heterocycles. The van der Waals surface area contributed by atoms with Crippen molar-refractivity contribution < 1.29 is 9.90 Å². The summed E-state index contributed by atoms with van der Waals surface area (Å²) in [5, 5.41) is 9.23. The van der Waals surface area contributed by atoms with Gasteiger partial charge in [0.15, 0.2) is 0 Å². The first-order valence-corrected chi connectivity index (χ1v) is 6.06. The van der Waals surface area contributed by atoms with Gasteiger partial charge in [0.05, 0.1) is 16.4 Å². The van der Waals surface area contributed by atoms with Gasteiger partial charge in [-0.05, 0) is 31.5 Å². The molecule has 0 spiro atoms. The number of carboxylic acids is 1. The van der Waals surface area contributed by atoms with Crippen LogP contribution < -0.4 is 0 Å². The van der Waals surface area contributed by atoms with Crippen LogP contribution in [0.25, 0.3) is 11.0 Å². The molecule has 0 bridgehead atoms. The number of aliphatic carboxylic acids is 1. The topological polar surface area (TPSA) is 66.0 Å². The van der Waals surface area contributed by atoms with Crippen LogP contribution in [0.1, 0.15) is 45.0 Å². The lowest BCUT2D eigenvalue weighted by Crippen LogP contribution is -2.28. The van der Waals surface area contributed by atoms with Crippen molar-refractivity contribution in [2.24, 2.45) is 0 Å². The van der Waals surface area contributed by atoms with Crippen LogP contribution in [-0.4, -0.2) is 21.0 Å². The molecule has 0 aliphatic carbocycles. The summed E-state index contributed by atoms with van der Waals surface area (Å²) in [4.78, 5) is 19.0. The van der Waals surface area contributed by atoms with E-state index in [0.29, 0.717) is 5.92 Å². The van der Waals surface area contributed by atoms with Crippen molar-refractivity contribution in [1.82, 2.24) is 9.97 Å². The normalized spacial score (nSPS) is 12.3. The molecule has 0 atom stereocenters. The van der Waals surface area contributed by atoms with Gasteiger partial charge >= 0.3 is 5.97 Å². The molecule has 2 rings (SSSR count). The maximum absolute atomic E-state index is 11.2. The van der Waals surface area contributed by atoms with E-state index in [1.165, 1.54) is 0 Å². The Balaban J connectivity index is 2.54. The number of carbonyl (C=O) groups is 1. The molecule has 2 N–H and O–H groups in total. The molecule has 4 nitrogen and oxygen atoms in total. The lowest BCUT2D eigenvalue weighted by molar-refractivity contribution is -0.142. The van der Waals surface area contributed by atoms with Crippen LogP contribution in [0.4, 0.5) is 0 Å². The molecular weight excluding hydrogens is 228 g/mol. The third kappa shape index (κ3) is 1.98. The molecule has 1 aromatic carbocycles. The van der Waals surface area contributed by atoms with Crippen molar-refractivity contribution in [3.8, 4) is 0 Å². The third-order valence-corrected chi connectivity index (χ3v) is 3.30. The smallest absolute Gasteiger partial charge is 0.313 e. The Kier molecular flexibility index (Phi) is 2.89. The number of fused-ring (bicyclic) bond motifs is 1. The van der Waals surface area contributed by atoms with E-state index in [4.69, 9.17) is 0 Å². The van der Waals surface area contributed by atoms with Crippen molar-refractivity contribution in [2.45, 2.75) is 39.0 Å². The molecule has 0 aliphatic rings. The number of nitrogens with zero attached hydrogens (tertiary/aromatic N) is 1. The number of aromatic amines is 1. The Labute approximate surface area is 106 Å². The van der Waals surface area contributed by atoms with Gasteiger partial charge < -0.3 is 10.1 Å². The van der Waals surface area contributed by atoms with Crippen molar-refractivity contribution in [2.75, 3.05) is 0 Å². The van der Waals surface area contributed by atoms with E-state index in [1.807, 2.05) is 18.2 Å². The minimum atomic E-state index is -0.892. The standard InChI is InChI=1S/C14H18N2O2/c1-8(2)12-15-10-6-5-9(7-11(10)16-12)14(3,4)13(17)18/h5-8H,1-4H3,(H,15,16)(H,17,18). The summed E-state index contributed by atoms with van der Waals surface area (Å²) in [6.45, 7) is 7.55. The highest BCUT2D eigenvalue weighted by atomic mass is 16.4. The van der Waals surface area contributed by atoms with Crippen LogP contribution in [0.15, 0.2) is 18.2 Å². The van der Waals surface area contributed by atoms with E-state index >= 15 is 0 Å². The number of imidazole rings is 1. The maximum Gasteiger partial charge on any atom is 0.313 e. The fraction of sp³-hybridized carbons (Fsp3) is 0.429. The molecule has 0 aliphatic heterocycles. The zero-order valence-electron chi connectivity index (χ0n) is 11.1. The van der Waals surface area contributed by atoms with E-state index in [2.05, 4.69) is 23.8 Å². The number of nitrogens with one attached hydrogen (secondary N) is 1. The summed E-state index contributed by atoms with van der Waals surface area (Å²) in [7, 11) is 0. The van der Waals surface area contributed by atoms with Gasteiger partial charge in [0, 0.05) is 5.92 Å².